The van der Waals surface area contributed by atoms with Gasteiger partial charge in [0, 0.05) is 18.1 Å². The van der Waals surface area contributed by atoms with Crippen molar-refractivity contribution < 1.29 is 5.11 Å². The molecule has 80 valence electrons. The molecule has 13 heavy (non-hydrogen) atoms. The van der Waals surface area contributed by atoms with Crippen LogP contribution in [0.1, 0.15) is 26.7 Å². The fourth-order valence-electron chi connectivity index (χ4n) is 1.83. The second-order valence-electron chi connectivity index (χ2n) is 4.44. The van der Waals surface area contributed by atoms with Crippen LogP contribution in [0.4, 0.5) is 0 Å². The summed E-state index contributed by atoms with van der Waals surface area (Å²) in [6.07, 6.45) is 2.31. The van der Waals surface area contributed by atoms with Gasteiger partial charge in [0.2, 0.25) is 0 Å². The third-order valence-corrected chi connectivity index (χ3v) is 2.32. The lowest BCUT2D eigenvalue weighted by atomic mass is 10.1. The Hall–Kier alpha value is 0.170. The Kier molecular flexibility index (Phi) is 5.22. The highest BCUT2D eigenvalue weighted by Crippen LogP contribution is 2.18. The fourth-order valence-corrected chi connectivity index (χ4v) is 1.83. The van der Waals surface area contributed by atoms with Gasteiger partial charge in [-0.2, -0.15) is 0 Å². The molecule has 4 heteroatoms. The van der Waals surface area contributed by atoms with Gasteiger partial charge in [0.1, 0.15) is 0 Å². The van der Waals surface area contributed by atoms with Crippen molar-refractivity contribution in [2.45, 2.75) is 38.3 Å². The standard InChI is InChI=1S/C9H20N2O.ClH/c1-9(2,10)7-11-5-3-4-8(11)6-12;/h8,12H,3-7,10H2,1-2H3;1H. The lowest BCUT2D eigenvalue weighted by Gasteiger charge is -2.30. The minimum Gasteiger partial charge on any atom is -0.395 e. The van der Waals surface area contributed by atoms with E-state index in [1.165, 1.54) is 6.42 Å². The van der Waals surface area contributed by atoms with Crippen LogP contribution >= 0.6 is 12.4 Å². The normalized spacial score (nSPS) is 24.5. The number of halogens is 1. The molecule has 1 aliphatic heterocycles. The number of nitrogens with two attached hydrogens (primary N) is 1. The van der Waals surface area contributed by atoms with E-state index in [4.69, 9.17) is 10.8 Å². The van der Waals surface area contributed by atoms with Crippen LogP contribution in [0, 0.1) is 0 Å². The maximum Gasteiger partial charge on any atom is 0.0586 e. The zero-order valence-corrected chi connectivity index (χ0v) is 9.31. The molecule has 0 amide bonds. The van der Waals surface area contributed by atoms with Gasteiger partial charge in [0.25, 0.3) is 0 Å². The van der Waals surface area contributed by atoms with Gasteiger partial charge in [-0.1, -0.05) is 0 Å². The highest BCUT2D eigenvalue weighted by atomic mass is 35.5. The molecule has 1 fully saturated rings. The summed E-state index contributed by atoms with van der Waals surface area (Å²) in [5.41, 5.74) is 5.77. The Bertz CT molecular complexity index is 147. The minimum atomic E-state index is -0.141. The maximum atomic E-state index is 9.05. The van der Waals surface area contributed by atoms with Gasteiger partial charge in [-0.15, -0.1) is 12.4 Å². The topological polar surface area (TPSA) is 49.5 Å². The number of hydrogen-bond donors (Lipinski definition) is 2. The molecule has 1 heterocycles. The molecule has 0 saturated carbocycles. The Morgan fingerprint density at radius 2 is 2.15 bits per heavy atom. The van der Waals surface area contributed by atoms with Crippen molar-refractivity contribution in [2.24, 2.45) is 5.73 Å². The zero-order valence-electron chi connectivity index (χ0n) is 8.49. The number of nitrogens with zero attached hydrogens (tertiary/aromatic N) is 1. The molecule has 0 aromatic heterocycles. The molecular formula is C9H21ClN2O. The van der Waals surface area contributed by atoms with E-state index >= 15 is 0 Å². The summed E-state index contributed by atoms with van der Waals surface area (Å²) >= 11 is 0. The second kappa shape index (κ2) is 5.15. The van der Waals surface area contributed by atoms with Gasteiger partial charge in [0.15, 0.2) is 0 Å². The number of aliphatic hydroxyl groups is 1. The van der Waals surface area contributed by atoms with Crippen LogP contribution in [-0.4, -0.2) is 41.3 Å². The highest BCUT2D eigenvalue weighted by molar-refractivity contribution is 5.85. The molecule has 1 unspecified atom stereocenters. The highest BCUT2D eigenvalue weighted by Gasteiger charge is 2.27. The summed E-state index contributed by atoms with van der Waals surface area (Å²) in [6.45, 7) is 6.31. The molecule has 3 N–H and O–H groups in total. The van der Waals surface area contributed by atoms with Crippen LogP contribution in [0.15, 0.2) is 0 Å². The lowest BCUT2D eigenvalue weighted by molar-refractivity contribution is 0.140. The van der Waals surface area contributed by atoms with Gasteiger partial charge in [-0.25, -0.2) is 0 Å². The van der Waals surface area contributed by atoms with E-state index in [9.17, 15) is 0 Å². The summed E-state index contributed by atoms with van der Waals surface area (Å²) in [5.74, 6) is 0. The summed E-state index contributed by atoms with van der Waals surface area (Å²) in [7, 11) is 0. The van der Waals surface area contributed by atoms with Crippen molar-refractivity contribution >= 4 is 12.4 Å². The van der Waals surface area contributed by atoms with E-state index in [2.05, 4.69) is 4.90 Å². The first-order valence-electron chi connectivity index (χ1n) is 4.67. The average molecular weight is 209 g/mol. The predicted octanol–water partition coefficient (Wildman–Crippen LogP) is 0.602. The lowest BCUT2D eigenvalue weighted by Crippen LogP contribution is -2.47. The first-order chi connectivity index (χ1) is 5.53. The molecule has 1 rings (SSSR count). The van der Waals surface area contributed by atoms with Crippen molar-refractivity contribution in [3.05, 3.63) is 0 Å². The Morgan fingerprint density at radius 3 is 2.62 bits per heavy atom. The van der Waals surface area contributed by atoms with Gasteiger partial charge >= 0.3 is 0 Å². The SMILES string of the molecule is CC(C)(N)CN1CCCC1CO.Cl. The molecule has 0 bridgehead atoms. The summed E-state index contributed by atoms with van der Waals surface area (Å²) in [4.78, 5) is 2.29. The molecule has 0 aliphatic carbocycles. The molecule has 1 atom stereocenters. The first-order valence-corrected chi connectivity index (χ1v) is 4.67. The largest absolute Gasteiger partial charge is 0.395 e. The van der Waals surface area contributed by atoms with Crippen LogP contribution in [-0.2, 0) is 0 Å². The van der Waals surface area contributed by atoms with Crippen molar-refractivity contribution in [1.82, 2.24) is 4.90 Å². The smallest absolute Gasteiger partial charge is 0.0586 e. The van der Waals surface area contributed by atoms with E-state index in [0.29, 0.717) is 6.04 Å². The summed E-state index contributed by atoms with van der Waals surface area (Å²) < 4.78 is 0. The van der Waals surface area contributed by atoms with Crippen LogP contribution in [0.3, 0.4) is 0 Å². The van der Waals surface area contributed by atoms with Gasteiger partial charge in [-0.3, -0.25) is 4.90 Å². The van der Waals surface area contributed by atoms with E-state index in [0.717, 1.165) is 19.5 Å². The number of hydrogen-bond acceptors (Lipinski definition) is 3. The van der Waals surface area contributed by atoms with E-state index in [-0.39, 0.29) is 24.6 Å². The quantitative estimate of drug-likeness (QED) is 0.715. The molecule has 1 aliphatic rings. The summed E-state index contributed by atoms with van der Waals surface area (Å²) in [6, 6.07) is 0.354. The Balaban J connectivity index is 0.00000144. The molecular weight excluding hydrogens is 188 g/mol. The van der Waals surface area contributed by atoms with Crippen LogP contribution in [0.25, 0.3) is 0 Å². The van der Waals surface area contributed by atoms with Gasteiger partial charge < -0.3 is 10.8 Å². The molecule has 3 nitrogen and oxygen atoms in total. The predicted molar refractivity (Wildman–Crippen MR) is 57.2 cm³/mol. The monoisotopic (exact) mass is 208 g/mol. The van der Waals surface area contributed by atoms with Crippen molar-refractivity contribution in [1.29, 1.82) is 0 Å². The van der Waals surface area contributed by atoms with Crippen molar-refractivity contribution in [3.8, 4) is 0 Å². The van der Waals surface area contributed by atoms with E-state index in [1.807, 2.05) is 13.8 Å². The Labute approximate surface area is 86.7 Å². The Morgan fingerprint density at radius 1 is 1.54 bits per heavy atom. The maximum absolute atomic E-state index is 9.05. The van der Waals surface area contributed by atoms with Gasteiger partial charge in [0.05, 0.1) is 6.61 Å². The number of aliphatic hydroxyl groups excluding tert-OH is 1. The van der Waals surface area contributed by atoms with E-state index in [1.54, 1.807) is 0 Å². The third kappa shape index (κ3) is 4.27. The number of rotatable bonds is 3. The average Bonchev–Trinajstić information content (AvgIpc) is 2.31. The van der Waals surface area contributed by atoms with E-state index < -0.39 is 0 Å². The zero-order chi connectivity index (χ0) is 9.19. The molecule has 1 saturated heterocycles. The second-order valence-corrected chi connectivity index (χ2v) is 4.44. The molecule has 0 aromatic carbocycles. The van der Waals surface area contributed by atoms with Gasteiger partial charge in [-0.05, 0) is 33.2 Å². The van der Waals surface area contributed by atoms with Crippen LogP contribution in [0.2, 0.25) is 0 Å². The summed E-state index contributed by atoms with van der Waals surface area (Å²) in [5, 5.41) is 9.05. The molecule has 0 radical (unpaired) electrons. The van der Waals surface area contributed by atoms with Crippen molar-refractivity contribution in [2.75, 3.05) is 19.7 Å². The molecule has 0 aromatic rings. The minimum absolute atomic E-state index is 0. The van der Waals surface area contributed by atoms with Crippen LogP contribution < -0.4 is 5.73 Å². The van der Waals surface area contributed by atoms with Crippen molar-refractivity contribution in [3.63, 3.8) is 0 Å². The third-order valence-electron chi connectivity index (χ3n) is 2.32. The van der Waals surface area contributed by atoms with Crippen LogP contribution in [0.5, 0.6) is 0 Å². The molecule has 0 spiro atoms. The number of likely N-dealkylation sites (tertiary alicyclic amines) is 1. The first kappa shape index (κ1) is 13.2. The fraction of sp³-hybridized carbons (Fsp3) is 1.00.